The van der Waals surface area contributed by atoms with Crippen LogP contribution in [0.5, 0.6) is 0 Å². The quantitative estimate of drug-likeness (QED) is 0.620. The number of halogens is 4. The summed E-state index contributed by atoms with van der Waals surface area (Å²) in [6.45, 7) is 0.173. The molecule has 138 valence electrons. The molecule has 1 unspecified atom stereocenters. The third-order valence-electron chi connectivity index (χ3n) is 4.29. The molecule has 0 spiro atoms. The number of carbonyl (C=O) groups excluding carboxylic acids is 1. The first kappa shape index (κ1) is 17.9. The Kier molecular flexibility index (Phi) is 4.57. The molecule has 27 heavy (non-hydrogen) atoms. The highest BCUT2D eigenvalue weighted by Gasteiger charge is 2.36. The molecule has 1 saturated heterocycles. The van der Waals surface area contributed by atoms with Gasteiger partial charge in [0.25, 0.3) is 0 Å². The molecule has 1 amide bonds. The van der Waals surface area contributed by atoms with E-state index >= 15 is 0 Å². The van der Waals surface area contributed by atoms with Gasteiger partial charge in [0.05, 0.1) is 16.6 Å². The van der Waals surface area contributed by atoms with Crippen molar-refractivity contribution in [1.82, 2.24) is 10.1 Å². The van der Waals surface area contributed by atoms with Gasteiger partial charge in [-0.15, -0.1) is 0 Å². The van der Waals surface area contributed by atoms with E-state index in [0.717, 1.165) is 0 Å². The Morgan fingerprint density at radius 3 is 2.70 bits per heavy atom. The van der Waals surface area contributed by atoms with Gasteiger partial charge in [0.15, 0.2) is 0 Å². The number of aromatic nitrogens is 2. The van der Waals surface area contributed by atoms with Gasteiger partial charge in [-0.2, -0.15) is 4.98 Å². The summed E-state index contributed by atoms with van der Waals surface area (Å²) < 4.78 is 32.9. The van der Waals surface area contributed by atoms with E-state index in [0.29, 0.717) is 10.6 Å². The van der Waals surface area contributed by atoms with Crippen LogP contribution in [-0.4, -0.2) is 22.6 Å². The van der Waals surface area contributed by atoms with Crippen LogP contribution in [0, 0.1) is 11.6 Å². The van der Waals surface area contributed by atoms with Crippen LogP contribution in [0.3, 0.4) is 0 Å². The van der Waals surface area contributed by atoms with Crippen LogP contribution >= 0.6 is 23.2 Å². The van der Waals surface area contributed by atoms with E-state index in [2.05, 4.69) is 10.1 Å². The molecule has 1 aliphatic rings. The SMILES string of the molecule is O=C1CC(c2nc(-c3ccc(Cl)c(F)c3)no2)CN1c1cc(Cl)ccc1F. The zero-order chi connectivity index (χ0) is 19.1. The number of benzene rings is 2. The highest BCUT2D eigenvalue weighted by Crippen LogP contribution is 2.34. The normalized spacial score (nSPS) is 17.0. The summed E-state index contributed by atoms with van der Waals surface area (Å²) in [6, 6.07) is 8.17. The zero-order valence-electron chi connectivity index (χ0n) is 13.6. The number of hydrogen-bond donors (Lipinski definition) is 0. The second-order valence-electron chi connectivity index (χ2n) is 6.09. The predicted octanol–water partition coefficient (Wildman–Crippen LogP) is 4.84. The summed E-state index contributed by atoms with van der Waals surface area (Å²) in [7, 11) is 0. The van der Waals surface area contributed by atoms with Gasteiger partial charge >= 0.3 is 0 Å². The molecule has 1 aromatic heterocycles. The van der Waals surface area contributed by atoms with Gasteiger partial charge in [-0.25, -0.2) is 8.78 Å². The minimum atomic E-state index is -0.598. The summed E-state index contributed by atoms with van der Waals surface area (Å²) in [5.74, 6) is -1.43. The van der Waals surface area contributed by atoms with Crippen LogP contribution in [0.2, 0.25) is 10.0 Å². The van der Waals surface area contributed by atoms with Crippen molar-refractivity contribution in [2.45, 2.75) is 12.3 Å². The average Bonchev–Trinajstić information content (AvgIpc) is 3.26. The van der Waals surface area contributed by atoms with Crippen LogP contribution in [-0.2, 0) is 4.79 Å². The fraction of sp³-hybridized carbons (Fsp3) is 0.167. The standard InChI is InChI=1S/C18H11Cl2F2N3O2/c19-11-2-4-13(21)15(7-11)25-8-10(6-16(25)26)18-23-17(24-27-18)9-1-3-12(20)14(22)5-9/h1-5,7,10H,6,8H2. The lowest BCUT2D eigenvalue weighted by atomic mass is 10.1. The van der Waals surface area contributed by atoms with Crippen molar-refractivity contribution in [2.75, 3.05) is 11.4 Å². The third-order valence-corrected chi connectivity index (χ3v) is 4.83. The van der Waals surface area contributed by atoms with Crippen LogP contribution in [0.4, 0.5) is 14.5 Å². The van der Waals surface area contributed by atoms with Gasteiger partial charge in [0.2, 0.25) is 17.6 Å². The van der Waals surface area contributed by atoms with Crippen molar-refractivity contribution in [3.05, 3.63) is 64.0 Å². The number of rotatable bonds is 3. The van der Waals surface area contributed by atoms with Crippen molar-refractivity contribution >= 4 is 34.8 Å². The van der Waals surface area contributed by atoms with E-state index in [1.807, 2.05) is 0 Å². The van der Waals surface area contributed by atoms with Crippen LogP contribution in [0.25, 0.3) is 11.4 Å². The summed E-state index contributed by atoms with van der Waals surface area (Å²) in [5.41, 5.74) is 0.503. The maximum Gasteiger partial charge on any atom is 0.232 e. The van der Waals surface area contributed by atoms with E-state index in [9.17, 15) is 13.6 Å². The van der Waals surface area contributed by atoms with E-state index in [4.69, 9.17) is 27.7 Å². The van der Waals surface area contributed by atoms with Gasteiger partial charge in [-0.05, 0) is 36.4 Å². The van der Waals surface area contributed by atoms with E-state index in [1.165, 1.54) is 35.2 Å². The summed E-state index contributed by atoms with van der Waals surface area (Å²) in [4.78, 5) is 17.9. The molecule has 9 heteroatoms. The van der Waals surface area contributed by atoms with Crippen LogP contribution in [0.1, 0.15) is 18.2 Å². The molecule has 1 atom stereocenters. The van der Waals surface area contributed by atoms with E-state index in [-0.39, 0.29) is 41.3 Å². The Hall–Kier alpha value is -2.51. The molecule has 0 aliphatic carbocycles. The molecule has 0 N–H and O–H groups in total. The van der Waals surface area contributed by atoms with E-state index in [1.54, 1.807) is 6.07 Å². The summed E-state index contributed by atoms with van der Waals surface area (Å²) in [6.07, 6.45) is 0.0859. The molecule has 0 bridgehead atoms. The maximum absolute atomic E-state index is 14.1. The number of carbonyl (C=O) groups is 1. The highest BCUT2D eigenvalue weighted by molar-refractivity contribution is 6.31. The molecule has 3 aromatic rings. The number of amides is 1. The third kappa shape index (κ3) is 3.40. The largest absolute Gasteiger partial charge is 0.339 e. The minimum absolute atomic E-state index is 0.0111. The molecule has 2 heterocycles. The molecule has 5 nitrogen and oxygen atoms in total. The van der Waals surface area contributed by atoms with Gasteiger partial charge in [-0.1, -0.05) is 28.4 Å². The lowest BCUT2D eigenvalue weighted by Crippen LogP contribution is -2.25. The Labute approximate surface area is 162 Å². The first-order chi connectivity index (χ1) is 12.9. The molecule has 0 saturated carbocycles. The first-order valence-electron chi connectivity index (χ1n) is 7.97. The lowest BCUT2D eigenvalue weighted by molar-refractivity contribution is -0.117. The van der Waals surface area contributed by atoms with Crippen LogP contribution < -0.4 is 4.90 Å². The fourth-order valence-electron chi connectivity index (χ4n) is 2.95. The number of nitrogens with zero attached hydrogens (tertiary/aromatic N) is 3. The van der Waals surface area contributed by atoms with Gasteiger partial charge in [-0.3, -0.25) is 4.79 Å². The smallest absolute Gasteiger partial charge is 0.232 e. The van der Waals surface area contributed by atoms with Crippen LogP contribution in [0.15, 0.2) is 40.9 Å². The molecule has 1 fully saturated rings. The number of anilines is 1. The molecule has 1 aliphatic heterocycles. The predicted molar refractivity (Wildman–Crippen MR) is 95.8 cm³/mol. The topological polar surface area (TPSA) is 59.2 Å². The lowest BCUT2D eigenvalue weighted by Gasteiger charge is -2.17. The van der Waals surface area contributed by atoms with E-state index < -0.39 is 17.6 Å². The monoisotopic (exact) mass is 409 g/mol. The van der Waals surface area contributed by atoms with Gasteiger partial charge in [0, 0.05) is 23.6 Å². The minimum Gasteiger partial charge on any atom is -0.339 e. The van der Waals surface area contributed by atoms with Crippen molar-refractivity contribution in [1.29, 1.82) is 0 Å². The fourth-order valence-corrected chi connectivity index (χ4v) is 3.24. The molecule has 0 radical (unpaired) electrons. The van der Waals surface area contributed by atoms with Crippen molar-refractivity contribution in [3.63, 3.8) is 0 Å². The van der Waals surface area contributed by atoms with Crippen molar-refractivity contribution in [2.24, 2.45) is 0 Å². The summed E-state index contributed by atoms with van der Waals surface area (Å²) >= 11 is 11.6. The first-order valence-corrected chi connectivity index (χ1v) is 8.72. The second-order valence-corrected chi connectivity index (χ2v) is 6.93. The molecular formula is C18H11Cl2F2N3O2. The Morgan fingerprint density at radius 2 is 1.93 bits per heavy atom. The zero-order valence-corrected chi connectivity index (χ0v) is 15.1. The Bertz CT molecular complexity index is 1040. The summed E-state index contributed by atoms with van der Waals surface area (Å²) in [5, 5.41) is 4.15. The Morgan fingerprint density at radius 1 is 1.11 bits per heavy atom. The highest BCUT2D eigenvalue weighted by atomic mass is 35.5. The second kappa shape index (κ2) is 6.90. The maximum atomic E-state index is 14.1. The average molecular weight is 410 g/mol. The van der Waals surface area contributed by atoms with Crippen molar-refractivity contribution < 1.29 is 18.1 Å². The van der Waals surface area contributed by atoms with Gasteiger partial charge < -0.3 is 9.42 Å². The van der Waals surface area contributed by atoms with Crippen molar-refractivity contribution in [3.8, 4) is 11.4 Å². The number of hydrogen-bond acceptors (Lipinski definition) is 4. The Balaban J connectivity index is 1.58. The molecular weight excluding hydrogens is 399 g/mol. The molecule has 4 rings (SSSR count). The van der Waals surface area contributed by atoms with Gasteiger partial charge in [0.1, 0.15) is 11.6 Å². The molecule has 2 aromatic carbocycles.